The zero-order valence-electron chi connectivity index (χ0n) is 15.0. The minimum Gasteiger partial charge on any atom is -0.325 e. The van der Waals surface area contributed by atoms with E-state index in [2.05, 4.69) is 43.5 Å². The van der Waals surface area contributed by atoms with Crippen LogP contribution in [0.25, 0.3) is 11.0 Å². The fraction of sp³-hybridized carbons (Fsp3) is 0.632. The Morgan fingerprint density at radius 1 is 1.16 bits per heavy atom. The minimum absolute atomic E-state index is 0.272. The number of hydrogen-bond donors (Lipinski definition) is 0. The lowest BCUT2D eigenvalue weighted by Gasteiger charge is -2.33. The first-order chi connectivity index (χ1) is 12.2. The molecule has 0 N–H and O–H groups in total. The molecule has 132 valence electrons. The number of rotatable bonds is 3. The lowest BCUT2D eigenvalue weighted by Crippen LogP contribution is -2.44. The fourth-order valence-corrected chi connectivity index (χ4v) is 4.22. The van der Waals surface area contributed by atoms with Gasteiger partial charge >= 0.3 is 0 Å². The van der Waals surface area contributed by atoms with Gasteiger partial charge in [0.25, 0.3) is 0 Å². The largest absolute Gasteiger partial charge is 0.325 e. The summed E-state index contributed by atoms with van der Waals surface area (Å²) in [6.07, 6.45) is 8.15. The summed E-state index contributed by atoms with van der Waals surface area (Å²) < 4.78 is 2.43. The third-order valence-corrected chi connectivity index (χ3v) is 5.68. The Labute approximate surface area is 149 Å². The van der Waals surface area contributed by atoms with Crippen LogP contribution in [0.1, 0.15) is 49.7 Å². The molecule has 0 aromatic carbocycles. The summed E-state index contributed by atoms with van der Waals surface area (Å²) in [4.78, 5) is 13.7. The number of fused-ring (bicyclic) bond motifs is 1. The monoisotopic (exact) mass is 338 g/mol. The maximum atomic E-state index is 9.19. The summed E-state index contributed by atoms with van der Waals surface area (Å²) in [5.41, 5.74) is 2.28. The van der Waals surface area contributed by atoms with E-state index in [1.165, 1.54) is 37.8 Å². The molecule has 0 radical (unpaired) electrons. The number of nitrogens with zero attached hydrogens (tertiary/aromatic N) is 6. The maximum absolute atomic E-state index is 9.19. The maximum Gasteiger partial charge on any atom is 0.234 e. The average molecular weight is 338 g/mol. The van der Waals surface area contributed by atoms with Crippen LogP contribution >= 0.6 is 0 Å². The smallest absolute Gasteiger partial charge is 0.234 e. The highest BCUT2D eigenvalue weighted by Gasteiger charge is 2.23. The van der Waals surface area contributed by atoms with E-state index in [0.717, 1.165) is 43.8 Å². The summed E-state index contributed by atoms with van der Waals surface area (Å²) in [5.74, 6) is 0.272. The second-order valence-corrected chi connectivity index (χ2v) is 7.46. The molecule has 0 unspecified atom stereocenters. The van der Waals surface area contributed by atoms with Crippen molar-refractivity contribution >= 4 is 11.0 Å². The second kappa shape index (κ2) is 7.11. The van der Waals surface area contributed by atoms with Gasteiger partial charge in [-0.25, -0.2) is 9.97 Å². The van der Waals surface area contributed by atoms with Crippen molar-refractivity contribution in [1.82, 2.24) is 24.3 Å². The molecule has 2 aromatic rings. The minimum atomic E-state index is 0.272. The quantitative estimate of drug-likeness (QED) is 0.861. The van der Waals surface area contributed by atoms with Crippen LogP contribution in [0.3, 0.4) is 0 Å². The van der Waals surface area contributed by atoms with Crippen molar-refractivity contribution in [2.75, 3.05) is 33.2 Å². The Hall–Kier alpha value is -1.97. The lowest BCUT2D eigenvalue weighted by atomic mass is 9.95. The fourth-order valence-electron chi connectivity index (χ4n) is 4.22. The molecule has 2 aliphatic rings. The van der Waals surface area contributed by atoms with Gasteiger partial charge in [0.05, 0.1) is 0 Å². The zero-order valence-corrected chi connectivity index (χ0v) is 15.0. The summed E-state index contributed by atoms with van der Waals surface area (Å²) in [7, 11) is 2.19. The Bertz CT molecular complexity index is 775. The van der Waals surface area contributed by atoms with Gasteiger partial charge < -0.3 is 9.47 Å². The van der Waals surface area contributed by atoms with Crippen molar-refractivity contribution in [2.24, 2.45) is 0 Å². The molecule has 0 atom stereocenters. The molecule has 4 rings (SSSR count). The lowest BCUT2D eigenvalue weighted by molar-refractivity contribution is 0.144. The van der Waals surface area contributed by atoms with Crippen LogP contribution in [0, 0.1) is 11.3 Å². The molecule has 0 bridgehead atoms. The van der Waals surface area contributed by atoms with Crippen molar-refractivity contribution < 1.29 is 0 Å². The molecule has 25 heavy (non-hydrogen) atoms. The number of aromatic nitrogens is 3. The molecule has 1 saturated carbocycles. The van der Waals surface area contributed by atoms with Gasteiger partial charge in [-0.05, 0) is 26.0 Å². The molecule has 1 aliphatic carbocycles. The molecule has 1 aliphatic heterocycles. The number of hydrogen-bond acceptors (Lipinski definition) is 5. The van der Waals surface area contributed by atoms with E-state index in [1.807, 2.05) is 6.20 Å². The Morgan fingerprint density at radius 3 is 2.64 bits per heavy atom. The Balaban J connectivity index is 1.70. The number of nitriles is 1. The summed E-state index contributed by atoms with van der Waals surface area (Å²) in [6.45, 7) is 5.43. The third kappa shape index (κ3) is 3.39. The van der Waals surface area contributed by atoms with Gasteiger partial charge in [0.1, 0.15) is 11.7 Å². The van der Waals surface area contributed by atoms with E-state index in [9.17, 15) is 5.26 Å². The molecule has 2 aromatic heterocycles. The van der Waals surface area contributed by atoms with Gasteiger partial charge in [0.2, 0.25) is 5.82 Å². The molecule has 6 nitrogen and oxygen atoms in total. The van der Waals surface area contributed by atoms with Crippen LogP contribution in [0.2, 0.25) is 0 Å². The second-order valence-electron chi connectivity index (χ2n) is 7.46. The van der Waals surface area contributed by atoms with Gasteiger partial charge in [-0.2, -0.15) is 5.26 Å². The summed E-state index contributed by atoms with van der Waals surface area (Å²) in [6, 6.07) is 4.84. The van der Waals surface area contributed by atoms with Crippen molar-refractivity contribution in [1.29, 1.82) is 5.26 Å². The summed E-state index contributed by atoms with van der Waals surface area (Å²) >= 11 is 0. The molecule has 3 heterocycles. The van der Waals surface area contributed by atoms with E-state index < -0.39 is 0 Å². The van der Waals surface area contributed by atoms with E-state index in [0.29, 0.717) is 6.04 Å². The average Bonchev–Trinajstić information content (AvgIpc) is 3.01. The van der Waals surface area contributed by atoms with E-state index in [-0.39, 0.29) is 5.82 Å². The zero-order chi connectivity index (χ0) is 17.2. The van der Waals surface area contributed by atoms with Crippen molar-refractivity contribution in [3.63, 3.8) is 0 Å². The number of piperazine rings is 1. The molecule has 0 spiro atoms. The first-order valence-electron chi connectivity index (χ1n) is 9.42. The van der Waals surface area contributed by atoms with E-state index in [1.54, 1.807) is 0 Å². The van der Waals surface area contributed by atoms with Crippen LogP contribution < -0.4 is 0 Å². The van der Waals surface area contributed by atoms with Gasteiger partial charge in [0.15, 0.2) is 0 Å². The molecule has 2 fully saturated rings. The van der Waals surface area contributed by atoms with Crippen LogP contribution in [0.4, 0.5) is 0 Å². The SMILES string of the molecule is CN1CCN(Cc2cc3cnc(C#N)nc3n2C2CCCCC2)CC1. The third-order valence-electron chi connectivity index (χ3n) is 5.68. The van der Waals surface area contributed by atoms with Crippen LogP contribution in [-0.4, -0.2) is 57.6 Å². The van der Waals surface area contributed by atoms with Gasteiger partial charge in [-0.3, -0.25) is 4.90 Å². The molecular weight excluding hydrogens is 312 g/mol. The van der Waals surface area contributed by atoms with Gasteiger partial charge in [0, 0.05) is 56.0 Å². The van der Waals surface area contributed by atoms with Crippen molar-refractivity contribution in [2.45, 2.75) is 44.7 Å². The highest BCUT2D eigenvalue weighted by atomic mass is 15.3. The standard InChI is InChI=1S/C19H26N6/c1-23-7-9-24(10-8-23)14-17-11-15-13-21-18(12-20)22-19(15)25(17)16-5-3-2-4-6-16/h11,13,16H,2-10,14H2,1H3. The predicted molar refractivity (Wildman–Crippen MR) is 97.1 cm³/mol. The van der Waals surface area contributed by atoms with E-state index in [4.69, 9.17) is 0 Å². The highest BCUT2D eigenvalue weighted by molar-refractivity contribution is 5.77. The van der Waals surface area contributed by atoms with Crippen molar-refractivity contribution in [3.05, 3.63) is 23.8 Å². The van der Waals surface area contributed by atoms with Crippen LogP contribution in [0.5, 0.6) is 0 Å². The van der Waals surface area contributed by atoms with E-state index >= 15 is 0 Å². The molecule has 0 amide bonds. The van der Waals surface area contributed by atoms with Crippen molar-refractivity contribution in [3.8, 4) is 6.07 Å². The topological polar surface area (TPSA) is 61.0 Å². The summed E-state index contributed by atoms with van der Waals surface area (Å²) in [5, 5.41) is 10.3. The molecular formula is C19H26N6. The molecule has 6 heteroatoms. The molecule has 1 saturated heterocycles. The Kier molecular flexibility index (Phi) is 4.69. The first kappa shape index (κ1) is 16.5. The van der Waals surface area contributed by atoms with Crippen LogP contribution in [-0.2, 0) is 6.54 Å². The van der Waals surface area contributed by atoms with Crippen LogP contribution in [0.15, 0.2) is 12.3 Å². The van der Waals surface area contributed by atoms with Gasteiger partial charge in [-0.1, -0.05) is 19.3 Å². The normalized spacial score (nSPS) is 20.8. The first-order valence-corrected chi connectivity index (χ1v) is 9.42. The highest BCUT2D eigenvalue weighted by Crippen LogP contribution is 2.33. The number of likely N-dealkylation sites (N-methyl/N-ethyl adjacent to an activating group) is 1. The Morgan fingerprint density at radius 2 is 1.92 bits per heavy atom. The van der Waals surface area contributed by atoms with Gasteiger partial charge in [-0.15, -0.1) is 0 Å². The predicted octanol–water partition coefficient (Wildman–Crippen LogP) is 2.56.